The van der Waals surface area contributed by atoms with E-state index in [1.54, 1.807) is 49.4 Å². The predicted molar refractivity (Wildman–Crippen MR) is 156 cm³/mol. The lowest BCUT2D eigenvalue weighted by Gasteiger charge is -2.25. The van der Waals surface area contributed by atoms with Crippen molar-refractivity contribution in [1.82, 2.24) is 4.98 Å². The summed E-state index contributed by atoms with van der Waals surface area (Å²) in [6, 6.07) is 24.4. The van der Waals surface area contributed by atoms with Crippen LogP contribution in [-0.4, -0.2) is 26.0 Å². The minimum atomic E-state index is -4.07. The fourth-order valence-corrected chi connectivity index (χ4v) is 6.03. The van der Waals surface area contributed by atoms with Gasteiger partial charge in [-0.05, 0) is 60.4 Å². The van der Waals surface area contributed by atoms with Gasteiger partial charge in [-0.2, -0.15) is 0 Å². The van der Waals surface area contributed by atoms with Crippen LogP contribution in [0, 0.1) is 0 Å². The van der Waals surface area contributed by atoms with E-state index in [1.165, 1.54) is 16.7 Å². The number of benzene rings is 3. The van der Waals surface area contributed by atoms with Crippen molar-refractivity contribution in [2.24, 2.45) is 0 Å². The van der Waals surface area contributed by atoms with E-state index in [0.717, 1.165) is 5.56 Å². The Balaban J connectivity index is 1.71. The lowest BCUT2D eigenvalue weighted by molar-refractivity contribution is 0.0528. The number of furan rings is 1. The Kier molecular flexibility index (Phi) is 7.21. The van der Waals surface area contributed by atoms with Crippen LogP contribution in [0.15, 0.2) is 107 Å². The minimum Gasteiger partial charge on any atom is -0.462 e. The Morgan fingerprint density at radius 3 is 2.20 bits per heavy atom. The van der Waals surface area contributed by atoms with E-state index >= 15 is 0 Å². The molecule has 0 atom stereocenters. The van der Waals surface area contributed by atoms with Crippen molar-refractivity contribution in [2.45, 2.75) is 38.0 Å². The van der Waals surface area contributed by atoms with E-state index in [2.05, 4.69) is 25.8 Å². The highest BCUT2D eigenvalue weighted by Gasteiger charge is 2.30. The van der Waals surface area contributed by atoms with E-state index in [9.17, 15) is 13.2 Å². The van der Waals surface area contributed by atoms with Crippen molar-refractivity contribution < 1.29 is 22.4 Å². The maximum atomic E-state index is 14.2. The van der Waals surface area contributed by atoms with Crippen molar-refractivity contribution in [3.63, 3.8) is 0 Å². The molecule has 0 saturated heterocycles. The average Bonchev–Trinajstić information content (AvgIpc) is 3.33. The van der Waals surface area contributed by atoms with Gasteiger partial charge in [-0.1, -0.05) is 63.2 Å². The molecule has 0 aliphatic rings. The number of nitrogens with zero attached hydrogens (tertiary/aromatic N) is 2. The van der Waals surface area contributed by atoms with Crippen molar-refractivity contribution in [3.05, 3.63) is 108 Å². The second-order valence-electron chi connectivity index (χ2n) is 10.3. The summed E-state index contributed by atoms with van der Waals surface area (Å²) in [5.41, 5.74) is 3.02. The molecule has 2 aromatic heterocycles. The SMILES string of the molecule is CCOC(=O)c1c(-c2ccccc2)oc2ccc(N(c3ccncc3)S(=O)(=O)c3ccc(C(C)(C)C)cc3)cc12. The fourth-order valence-electron chi connectivity index (χ4n) is 4.55. The van der Waals surface area contributed by atoms with Gasteiger partial charge in [-0.15, -0.1) is 0 Å². The van der Waals surface area contributed by atoms with Gasteiger partial charge in [0.25, 0.3) is 10.0 Å². The molecule has 40 heavy (non-hydrogen) atoms. The van der Waals surface area contributed by atoms with Crippen LogP contribution in [0.2, 0.25) is 0 Å². The first-order valence-electron chi connectivity index (χ1n) is 13.0. The molecule has 0 amide bonds. The molecular formula is C32H30N2O5S. The molecule has 0 saturated carbocycles. The lowest BCUT2D eigenvalue weighted by atomic mass is 9.87. The van der Waals surface area contributed by atoms with Crippen LogP contribution in [0.1, 0.15) is 43.6 Å². The molecule has 0 spiro atoms. The maximum Gasteiger partial charge on any atom is 0.342 e. The van der Waals surface area contributed by atoms with Crippen LogP contribution in [0.5, 0.6) is 0 Å². The van der Waals surface area contributed by atoms with Gasteiger partial charge in [-0.25, -0.2) is 17.5 Å². The number of hydrogen-bond acceptors (Lipinski definition) is 6. The molecule has 0 N–H and O–H groups in total. The Hall–Kier alpha value is -4.43. The first kappa shape index (κ1) is 27.1. The summed E-state index contributed by atoms with van der Waals surface area (Å²) in [6.45, 7) is 8.14. The Bertz CT molecular complexity index is 1760. The van der Waals surface area contributed by atoms with E-state index in [1.807, 2.05) is 42.5 Å². The summed E-state index contributed by atoms with van der Waals surface area (Å²) in [5, 5.41) is 0.451. The van der Waals surface area contributed by atoms with E-state index < -0.39 is 16.0 Å². The minimum absolute atomic E-state index is 0.126. The topological polar surface area (TPSA) is 89.7 Å². The Labute approximate surface area is 234 Å². The van der Waals surface area contributed by atoms with Crippen LogP contribution in [-0.2, 0) is 20.2 Å². The molecule has 0 fully saturated rings. The zero-order valence-corrected chi connectivity index (χ0v) is 23.6. The maximum absolute atomic E-state index is 14.2. The smallest absolute Gasteiger partial charge is 0.342 e. The zero-order valence-electron chi connectivity index (χ0n) is 22.8. The number of ether oxygens (including phenoxy) is 1. The third kappa shape index (κ3) is 5.10. The summed E-state index contributed by atoms with van der Waals surface area (Å²) in [6.07, 6.45) is 3.07. The number of hydrogen-bond donors (Lipinski definition) is 0. The lowest BCUT2D eigenvalue weighted by Crippen LogP contribution is -2.26. The van der Waals surface area contributed by atoms with Crippen LogP contribution >= 0.6 is 0 Å². The molecule has 0 aliphatic carbocycles. The molecule has 5 rings (SSSR count). The van der Waals surface area contributed by atoms with Gasteiger partial charge in [0.2, 0.25) is 0 Å². The molecule has 3 aromatic carbocycles. The van der Waals surface area contributed by atoms with Crippen LogP contribution in [0.4, 0.5) is 11.4 Å². The quantitative estimate of drug-likeness (QED) is 0.194. The predicted octanol–water partition coefficient (Wildman–Crippen LogP) is 7.50. The summed E-state index contributed by atoms with van der Waals surface area (Å²) >= 11 is 0. The normalized spacial score (nSPS) is 11.9. The largest absolute Gasteiger partial charge is 0.462 e. The molecule has 0 radical (unpaired) electrons. The van der Waals surface area contributed by atoms with Crippen LogP contribution < -0.4 is 4.31 Å². The van der Waals surface area contributed by atoms with Gasteiger partial charge in [0.15, 0.2) is 0 Å². The van der Waals surface area contributed by atoms with Gasteiger partial charge in [0.05, 0.1) is 22.9 Å². The van der Waals surface area contributed by atoms with Crippen molar-refractivity contribution in [2.75, 3.05) is 10.9 Å². The monoisotopic (exact) mass is 554 g/mol. The summed E-state index contributed by atoms with van der Waals surface area (Å²) < 4.78 is 41.1. The molecular weight excluding hydrogens is 524 g/mol. The Morgan fingerprint density at radius 1 is 0.900 bits per heavy atom. The molecule has 0 unspecified atom stereocenters. The summed E-state index contributed by atoms with van der Waals surface area (Å²) in [4.78, 5) is 17.4. The van der Waals surface area contributed by atoms with E-state index in [-0.39, 0.29) is 22.5 Å². The zero-order chi connectivity index (χ0) is 28.5. The van der Waals surface area contributed by atoms with E-state index in [0.29, 0.717) is 33.7 Å². The molecule has 0 bridgehead atoms. The van der Waals surface area contributed by atoms with Crippen molar-refractivity contribution in [3.8, 4) is 11.3 Å². The number of sulfonamides is 1. The van der Waals surface area contributed by atoms with Crippen molar-refractivity contribution in [1.29, 1.82) is 0 Å². The van der Waals surface area contributed by atoms with Gasteiger partial charge < -0.3 is 9.15 Å². The number of aromatic nitrogens is 1. The summed E-state index contributed by atoms with van der Waals surface area (Å²) in [7, 11) is -4.07. The van der Waals surface area contributed by atoms with Gasteiger partial charge in [-0.3, -0.25) is 4.98 Å². The second-order valence-corrected chi connectivity index (χ2v) is 12.1. The highest BCUT2D eigenvalue weighted by molar-refractivity contribution is 7.93. The number of anilines is 2. The number of esters is 1. The molecule has 7 nitrogen and oxygen atoms in total. The van der Waals surface area contributed by atoms with Crippen molar-refractivity contribution >= 4 is 38.3 Å². The first-order valence-corrected chi connectivity index (χ1v) is 14.4. The second kappa shape index (κ2) is 10.6. The number of fused-ring (bicyclic) bond motifs is 1. The van der Waals surface area contributed by atoms with Gasteiger partial charge in [0, 0.05) is 23.3 Å². The molecule has 2 heterocycles. The van der Waals surface area contributed by atoms with E-state index in [4.69, 9.17) is 9.15 Å². The van der Waals surface area contributed by atoms with Gasteiger partial charge >= 0.3 is 5.97 Å². The van der Waals surface area contributed by atoms with Crippen LogP contribution in [0.25, 0.3) is 22.3 Å². The standard InChI is InChI=1S/C32H30N2O5S/c1-5-38-31(35)29-27-21-25(13-16-28(27)39-30(29)22-9-7-6-8-10-22)34(24-17-19-33-20-18-24)40(36,37)26-14-11-23(12-15-26)32(2,3)4/h6-21H,5H2,1-4H3. The molecule has 0 aliphatic heterocycles. The highest BCUT2D eigenvalue weighted by atomic mass is 32.2. The third-order valence-corrected chi connectivity index (χ3v) is 8.35. The summed E-state index contributed by atoms with van der Waals surface area (Å²) in [5.74, 6) is -0.185. The first-order chi connectivity index (χ1) is 19.1. The molecule has 5 aromatic rings. The average molecular weight is 555 g/mol. The number of pyridine rings is 1. The van der Waals surface area contributed by atoms with Crippen LogP contribution in [0.3, 0.4) is 0 Å². The highest BCUT2D eigenvalue weighted by Crippen LogP contribution is 2.39. The number of carbonyl (C=O) groups excluding carboxylic acids is 1. The molecule has 8 heteroatoms. The number of rotatable bonds is 7. The van der Waals surface area contributed by atoms with Gasteiger partial charge in [0.1, 0.15) is 16.9 Å². The third-order valence-electron chi connectivity index (χ3n) is 6.58. The fraction of sp³-hybridized carbons (Fsp3) is 0.188. The Morgan fingerprint density at radius 2 is 1.57 bits per heavy atom. The number of carbonyl (C=O) groups is 1. The molecule has 204 valence electrons.